The lowest BCUT2D eigenvalue weighted by molar-refractivity contribution is -0.163. The Balaban J connectivity index is 1.53. The molecule has 0 N–H and O–H groups in total. The fourth-order valence-electron chi connectivity index (χ4n) is 5.35. The van der Waals surface area contributed by atoms with E-state index < -0.39 is 12.3 Å². The van der Waals surface area contributed by atoms with Crippen LogP contribution in [0.1, 0.15) is 15.9 Å². The van der Waals surface area contributed by atoms with Crippen LogP contribution in [-0.2, 0) is 14.3 Å². The van der Waals surface area contributed by atoms with E-state index in [9.17, 15) is 9.59 Å². The van der Waals surface area contributed by atoms with Gasteiger partial charge in [-0.25, -0.2) is 0 Å². The van der Waals surface area contributed by atoms with E-state index in [0.29, 0.717) is 12.2 Å². The van der Waals surface area contributed by atoms with Crippen molar-refractivity contribution in [3.63, 3.8) is 0 Å². The Labute approximate surface area is 162 Å². The third-order valence-electron chi connectivity index (χ3n) is 6.48. The van der Waals surface area contributed by atoms with Crippen molar-refractivity contribution in [2.75, 3.05) is 11.5 Å². The van der Waals surface area contributed by atoms with Gasteiger partial charge in [0, 0.05) is 17.2 Å². The molecule has 0 radical (unpaired) electrons. The molecule has 5 nitrogen and oxygen atoms in total. The van der Waals surface area contributed by atoms with Crippen LogP contribution in [-0.4, -0.2) is 42.7 Å². The molecule has 4 aliphatic heterocycles. The molecular weight excluding hydrogens is 354 g/mol. The standard InChI is InChI=1S/C23H19NO4/c25-21(14-7-2-1-3-8-14)20-19-17-12-27-23(28-17)22(26)18(19)16-11-10-13-6-4-5-9-15(13)24(16)20/h1-11,16-20,23H,12H2/t16-,17+,18+,19+,20+,23-/m1/s1. The van der Waals surface area contributed by atoms with E-state index in [-0.39, 0.29) is 35.5 Å². The molecular formula is C23H19NO4. The van der Waals surface area contributed by atoms with E-state index in [0.717, 1.165) is 11.3 Å². The fourth-order valence-corrected chi connectivity index (χ4v) is 5.35. The normalized spacial score (nSPS) is 34.7. The van der Waals surface area contributed by atoms with E-state index in [1.54, 1.807) is 0 Å². The number of anilines is 1. The highest BCUT2D eigenvalue weighted by molar-refractivity contribution is 6.05. The maximum absolute atomic E-state index is 13.7. The number of ether oxygens (including phenoxy) is 2. The number of fused-ring (bicyclic) bond motifs is 8. The minimum Gasteiger partial charge on any atom is -0.353 e. The molecule has 0 saturated carbocycles. The SMILES string of the molecule is O=C1[C@@H]2OC[C@H](O2)[C@H]2[C@@H]1[C@H]1C=Cc3ccccc3N1[C@@H]2C(=O)c1ccccc1. The van der Waals surface area contributed by atoms with Gasteiger partial charge < -0.3 is 14.4 Å². The van der Waals surface area contributed by atoms with Gasteiger partial charge in [-0.2, -0.15) is 0 Å². The Morgan fingerprint density at radius 2 is 1.82 bits per heavy atom. The summed E-state index contributed by atoms with van der Waals surface area (Å²) in [4.78, 5) is 28.9. The van der Waals surface area contributed by atoms with Crippen molar-refractivity contribution >= 4 is 23.3 Å². The lowest BCUT2D eigenvalue weighted by atomic mass is 9.77. The second-order valence-electron chi connectivity index (χ2n) is 7.84. The van der Waals surface area contributed by atoms with Crippen LogP contribution in [0.2, 0.25) is 0 Å². The van der Waals surface area contributed by atoms with Gasteiger partial charge in [-0.15, -0.1) is 0 Å². The zero-order valence-corrected chi connectivity index (χ0v) is 15.1. The lowest BCUT2D eigenvalue weighted by Gasteiger charge is -2.35. The Bertz CT molecular complexity index is 1000. The molecule has 3 saturated heterocycles. The summed E-state index contributed by atoms with van der Waals surface area (Å²) in [5, 5.41) is 0. The van der Waals surface area contributed by atoms with Crippen molar-refractivity contribution in [2.24, 2.45) is 11.8 Å². The zero-order valence-electron chi connectivity index (χ0n) is 15.1. The number of hydrogen-bond acceptors (Lipinski definition) is 5. The number of benzene rings is 2. The van der Waals surface area contributed by atoms with Crippen molar-refractivity contribution < 1.29 is 19.1 Å². The summed E-state index contributed by atoms with van der Waals surface area (Å²) in [5.74, 6) is -0.528. The van der Waals surface area contributed by atoms with Crippen molar-refractivity contribution in [2.45, 2.75) is 24.5 Å². The van der Waals surface area contributed by atoms with E-state index >= 15 is 0 Å². The van der Waals surface area contributed by atoms with E-state index in [1.165, 1.54) is 0 Å². The number of ketones is 2. The van der Waals surface area contributed by atoms with Crippen LogP contribution in [0.3, 0.4) is 0 Å². The van der Waals surface area contributed by atoms with Crippen molar-refractivity contribution in [3.05, 3.63) is 71.8 Å². The number of para-hydroxylation sites is 1. The third kappa shape index (κ3) is 2.09. The van der Waals surface area contributed by atoms with Crippen LogP contribution >= 0.6 is 0 Å². The molecule has 2 aromatic carbocycles. The largest absolute Gasteiger partial charge is 0.353 e. The summed E-state index contributed by atoms with van der Waals surface area (Å²) in [6.45, 7) is 0.363. The maximum atomic E-state index is 13.7. The average molecular weight is 373 g/mol. The topological polar surface area (TPSA) is 55.8 Å². The minimum absolute atomic E-state index is 0.0324. The number of nitrogens with zero attached hydrogens (tertiary/aromatic N) is 1. The maximum Gasteiger partial charge on any atom is 0.218 e. The molecule has 28 heavy (non-hydrogen) atoms. The highest BCUT2D eigenvalue weighted by Gasteiger charge is 2.63. The van der Waals surface area contributed by atoms with Gasteiger partial charge in [-0.3, -0.25) is 9.59 Å². The van der Waals surface area contributed by atoms with Gasteiger partial charge in [0.1, 0.15) is 0 Å². The molecule has 0 spiro atoms. The molecule has 0 aromatic heterocycles. The summed E-state index contributed by atoms with van der Waals surface area (Å²) < 4.78 is 11.4. The molecule has 0 aliphatic carbocycles. The Morgan fingerprint density at radius 3 is 2.68 bits per heavy atom. The molecule has 0 unspecified atom stereocenters. The first-order valence-corrected chi connectivity index (χ1v) is 9.70. The monoisotopic (exact) mass is 373 g/mol. The number of carbonyl (C=O) groups is 2. The summed E-state index contributed by atoms with van der Waals surface area (Å²) in [6.07, 6.45) is 3.11. The van der Waals surface area contributed by atoms with Gasteiger partial charge in [-0.1, -0.05) is 60.7 Å². The zero-order chi connectivity index (χ0) is 18.8. The number of Topliss-reactive ketones (excluding diaryl/α,β-unsaturated/α-hetero) is 2. The molecule has 2 bridgehead atoms. The smallest absolute Gasteiger partial charge is 0.218 e. The van der Waals surface area contributed by atoms with Crippen LogP contribution in [0.15, 0.2) is 60.7 Å². The first-order chi connectivity index (χ1) is 13.7. The number of hydrogen-bond donors (Lipinski definition) is 0. The van der Waals surface area contributed by atoms with Gasteiger partial charge in [0.25, 0.3) is 0 Å². The van der Waals surface area contributed by atoms with Gasteiger partial charge in [-0.05, 0) is 11.6 Å². The van der Waals surface area contributed by atoms with Crippen molar-refractivity contribution in [1.82, 2.24) is 0 Å². The molecule has 0 amide bonds. The quantitative estimate of drug-likeness (QED) is 0.758. The van der Waals surface area contributed by atoms with E-state index in [4.69, 9.17) is 9.47 Å². The summed E-state index contributed by atoms with van der Waals surface area (Å²) in [5.41, 5.74) is 2.73. The van der Waals surface area contributed by atoms with Gasteiger partial charge in [0.15, 0.2) is 11.6 Å². The Hall–Kier alpha value is -2.76. The van der Waals surface area contributed by atoms with Gasteiger partial charge in [0.05, 0.1) is 30.7 Å². The average Bonchev–Trinajstić information content (AvgIpc) is 3.33. The Kier molecular flexibility index (Phi) is 3.40. The van der Waals surface area contributed by atoms with Crippen LogP contribution < -0.4 is 4.90 Å². The summed E-state index contributed by atoms with van der Waals surface area (Å²) in [6, 6.07) is 16.8. The molecule has 4 heterocycles. The van der Waals surface area contributed by atoms with Crippen LogP contribution in [0.5, 0.6) is 0 Å². The second kappa shape index (κ2) is 5.87. The summed E-state index contributed by atoms with van der Waals surface area (Å²) >= 11 is 0. The molecule has 6 rings (SSSR count). The number of rotatable bonds is 2. The first-order valence-electron chi connectivity index (χ1n) is 9.70. The third-order valence-corrected chi connectivity index (χ3v) is 6.48. The predicted octanol–water partition coefficient (Wildman–Crippen LogP) is 2.71. The predicted molar refractivity (Wildman–Crippen MR) is 103 cm³/mol. The van der Waals surface area contributed by atoms with Crippen LogP contribution in [0.4, 0.5) is 5.69 Å². The van der Waals surface area contributed by atoms with Gasteiger partial charge in [0.2, 0.25) is 6.29 Å². The lowest BCUT2D eigenvalue weighted by Crippen LogP contribution is -2.48. The number of carbonyl (C=O) groups excluding carboxylic acids is 2. The van der Waals surface area contributed by atoms with Gasteiger partial charge >= 0.3 is 0 Å². The molecule has 6 atom stereocenters. The summed E-state index contributed by atoms with van der Waals surface area (Å²) in [7, 11) is 0. The first kappa shape index (κ1) is 16.2. The molecule has 3 fully saturated rings. The molecule has 2 aromatic rings. The highest BCUT2D eigenvalue weighted by Crippen LogP contribution is 2.50. The second-order valence-corrected chi connectivity index (χ2v) is 7.84. The fraction of sp³-hybridized carbons (Fsp3) is 0.304. The van der Waals surface area contributed by atoms with Crippen molar-refractivity contribution in [3.8, 4) is 0 Å². The molecule has 4 aliphatic rings. The minimum atomic E-state index is -0.788. The van der Waals surface area contributed by atoms with Crippen molar-refractivity contribution in [1.29, 1.82) is 0 Å². The molecule has 5 heteroatoms. The highest BCUT2D eigenvalue weighted by atomic mass is 16.7. The Morgan fingerprint density at radius 1 is 1.04 bits per heavy atom. The van der Waals surface area contributed by atoms with Crippen LogP contribution in [0, 0.1) is 11.8 Å². The van der Waals surface area contributed by atoms with Crippen LogP contribution in [0.25, 0.3) is 6.08 Å². The van der Waals surface area contributed by atoms with E-state index in [1.807, 2.05) is 54.6 Å². The molecule has 140 valence electrons. The van der Waals surface area contributed by atoms with E-state index in [2.05, 4.69) is 17.1 Å².